The number of nitriles is 1. The van der Waals surface area contributed by atoms with Crippen LogP contribution in [0.15, 0.2) is 48.5 Å². The largest absolute Gasteiger partial charge is 0.494 e. The van der Waals surface area contributed by atoms with Crippen LogP contribution in [0.3, 0.4) is 0 Å². The SMILES string of the molecule is CCOc1ccc(C2(C)NC(=O)N(Cc3ccc(C#N)cc3)C2=O)cc1. The van der Waals surface area contributed by atoms with Crippen molar-refractivity contribution in [1.82, 2.24) is 10.2 Å². The number of ether oxygens (including phenoxy) is 1. The molecule has 0 bridgehead atoms. The fraction of sp³-hybridized carbons (Fsp3) is 0.250. The number of carbonyl (C=O) groups is 2. The van der Waals surface area contributed by atoms with E-state index in [4.69, 9.17) is 10.00 Å². The third-order valence-corrected chi connectivity index (χ3v) is 4.44. The number of imide groups is 1. The Bertz CT molecular complexity index is 869. The highest BCUT2D eigenvalue weighted by atomic mass is 16.5. The topological polar surface area (TPSA) is 82.4 Å². The van der Waals surface area contributed by atoms with Crippen molar-refractivity contribution in [1.29, 1.82) is 5.26 Å². The Labute approximate surface area is 152 Å². The maximum absolute atomic E-state index is 12.9. The van der Waals surface area contributed by atoms with Crippen molar-refractivity contribution >= 4 is 11.9 Å². The van der Waals surface area contributed by atoms with Crippen LogP contribution in [0.25, 0.3) is 0 Å². The third kappa shape index (κ3) is 3.11. The normalized spacial score (nSPS) is 19.2. The zero-order chi connectivity index (χ0) is 18.7. The molecule has 3 rings (SSSR count). The Balaban J connectivity index is 1.81. The fourth-order valence-electron chi connectivity index (χ4n) is 2.95. The molecule has 1 atom stereocenters. The predicted octanol–water partition coefficient (Wildman–Crippen LogP) is 2.92. The Morgan fingerprint density at radius 3 is 2.35 bits per heavy atom. The number of urea groups is 1. The van der Waals surface area contributed by atoms with Gasteiger partial charge in [0.05, 0.1) is 24.8 Å². The van der Waals surface area contributed by atoms with Crippen molar-refractivity contribution in [3.05, 3.63) is 65.2 Å². The van der Waals surface area contributed by atoms with E-state index in [-0.39, 0.29) is 12.5 Å². The van der Waals surface area contributed by atoms with Crippen LogP contribution < -0.4 is 10.1 Å². The van der Waals surface area contributed by atoms with E-state index < -0.39 is 11.6 Å². The Morgan fingerprint density at radius 1 is 1.12 bits per heavy atom. The second-order valence-corrected chi connectivity index (χ2v) is 6.21. The van der Waals surface area contributed by atoms with E-state index in [9.17, 15) is 9.59 Å². The summed E-state index contributed by atoms with van der Waals surface area (Å²) in [5, 5.41) is 11.6. The monoisotopic (exact) mass is 349 g/mol. The van der Waals surface area contributed by atoms with Gasteiger partial charge in [0.2, 0.25) is 0 Å². The summed E-state index contributed by atoms with van der Waals surface area (Å²) in [5.41, 5.74) is 0.893. The molecule has 2 aromatic rings. The minimum atomic E-state index is -1.12. The third-order valence-electron chi connectivity index (χ3n) is 4.44. The van der Waals surface area contributed by atoms with Crippen molar-refractivity contribution in [2.24, 2.45) is 0 Å². The molecule has 1 aliphatic rings. The van der Waals surface area contributed by atoms with E-state index in [2.05, 4.69) is 5.32 Å². The summed E-state index contributed by atoms with van der Waals surface area (Å²) in [6.07, 6.45) is 0. The number of amides is 3. The van der Waals surface area contributed by atoms with E-state index in [0.717, 1.165) is 5.56 Å². The van der Waals surface area contributed by atoms with Gasteiger partial charge in [0.15, 0.2) is 0 Å². The van der Waals surface area contributed by atoms with Gasteiger partial charge in [0.25, 0.3) is 5.91 Å². The van der Waals surface area contributed by atoms with Gasteiger partial charge in [0, 0.05) is 0 Å². The van der Waals surface area contributed by atoms with E-state index in [1.54, 1.807) is 55.5 Å². The predicted molar refractivity (Wildman–Crippen MR) is 95.2 cm³/mol. The lowest BCUT2D eigenvalue weighted by molar-refractivity contribution is -0.131. The molecule has 0 saturated carbocycles. The van der Waals surface area contributed by atoms with E-state index in [0.29, 0.717) is 23.5 Å². The Morgan fingerprint density at radius 2 is 1.77 bits per heavy atom. The number of carbonyl (C=O) groups excluding carboxylic acids is 2. The van der Waals surface area contributed by atoms with Gasteiger partial charge in [-0.1, -0.05) is 24.3 Å². The second-order valence-electron chi connectivity index (χ2n) is 6.21. The van der Waals surface area contributed by atoms with Crippen LogP contribution in [0.1, 0.15) is 30.5 Å². The molecule has 1 heterocycles. The number of benzene rings is 2. The average molecular weight is 349 g/mol. The lowest BCUT2D eigenvalue weighted by atomic mass is 9.92. The Hall–Kier alpha value is -3.33. The number of nitrogens with zero attached hydrogens (tertiary/aromatic N) is 2. The molecule has 0 aromatic heterocycles. The highest BCUT2D eigenvalue weighted by Gasteiger charge is 2.48. The van der Waals surface area contributed by atoms with E-state index in [1.807, 2.05) is 13.0 Å². The summed E-state index contributed by atoms with van der Waals surface area (Å²) in [6, 6.07) is 15.6. The van der Waals surface area contributed by atoms with Gasteiger partial charge in [-0.25, -0.2) is 4.79 Å². The molecule has 1 fully saturated rings. The van der Waals surface area contributed by atoms with Gasteiger partial charge in [-0.3, -0.25) is 9.69 Å². The molecule has 0 spiro atoms. The maximum Gasteiger partial charge on any atom is 0.325 e. The quantitative estimate of drug-likeness (QED) is 0.842. The maximum atomic E-state index is 12.9. The molecule has 1 unspecified atom stereocenters. The molecule has 0 aliphatic carbocycles. The zero-order valence-corrected chi connectivity index (χ0v) is 14.7. The average Bonchev–Trinajstić information content (AvgIpc) is 2.87. The summed E-state index contributed by atoms with van der Waals surface area (Å²) >= 11 is 0. The van der Waals surface area contributed by atoms with Crippen LogP contribution in [-0.4, -0.2) is 23.4 Å². The molecule has 1 saturated heterocycles. The first-order valence-corrected chi connectivity index (χ1v) is 8.34. The van der Waals surface area contributed by atoms with Gasteiger partial charge in [-0.2, -0.15) is 5.26 Å². The summed E-state index contributed by atoms with van der Waals surface area (Å²) in [6.45, 7) is 4.31. The van der Waals surface area contributed by atoms with E-state index >= 15 is 0 Å². The molecule has 1 N–H and O–H groups in total. The van der Waals surface area contributed by atoms with Crippen molar-refractivity contribution in [3.63, 3.8) is 0 Å². The van der Waals surface area contributed by atoms with Gasteiger partial charge in [-0.15, -0.1) is 0 Å². The van der Waals surface area contributed by atoms with Gasteiger partial charge in [0.1, 0.15) is 11.3 Å². The highest BCUT2D eigenvalue weighted by Crippen LogP contribution is 2.31. The van der Waals surface area contributed by atoms with Crippen LogP contribution in [0, 0.1) is 11.3 Å². The van der Waals surface area contributed by atoms with Crippen LogP contribution in [-0.2, 0) is 16.9 Å². The number of hydrogen-bond acceptors (Lipinski definition) is 4. The molecule has 3 amide bonds. The zero-order valence-electron chi connectivity index (χ0n) is 14.7. The molecule has 0 radical (unpaired) electrons. The number of nitrogens with one attached hydrogen (secondary N) is 1. The molecular weight excluding hydrogens is 330 g/mol. The van der Waals surface area contributed by atoms with Crippen LogP contribution >= 0.6 is 0 Å². The van der Waals surface area contributed by atoms with Crippen molar-refractivity contribution in [3.8, 4) is 11.8 Å². The molecule has 1 aliphatic heterocycles. The lowest BCUT2D eigenvalue weighted by Gasteiger charge is -2.22. The first-order chi connectivity index (χ1) is 12.5. The highest BCUT2D eigenvalue weighted by molar-refractivity contribution is 6.07. The summed E-state index contributed by atoms with van der Waals surface area (Å²) < 4.78 is 5.42. The van der Waals surface area contributed by atoms with Gasteiger partial charge >= 0.3 is 6.03 Å². The van der Waals surface area contributed by atoms with Gasteiger partial charge in [-0.05, 0) is 49.2 Å². The van der Waals surface area contributed by atoms with Crippen LogP contribution in [0.5, 0.6) is 5.75 Å². The first-order valence-electron chi connectivity index (χ1n) is 8.34. The second kappa shape index (κ2) is 6.89. The summed E-state index contributed by atoms with van der Waals surface area (Å²) in [5.74, 6) is 0.405. The molecule has 6 heteroatoms. The number of hydrogen-bond donors (Lipinski definition) is 1. The molecular formula is C20H19N3O3. The molecule has 26 heavy (non-hydrogen) atoms. The molecule has 132 valence electrons. The van der Waals surface area contributed by atoms with Crippen molar-refractivity contribution in [2.75, 3.05) is 6.61 Å². The summed E-state index contributed by atoms with van der Waals surface area (Å²) in [4.78, 5) is 26.5. The van der Waals surface area contributed by atoms with Gasteiger partial charge < -0.3 is 10.1 Å². The fourth-order valence-corrected chi connectivity index (χ4v) is 2.95. The van der Waals surface area contributed by atoms with Crippen molar-refractivity contribution in [2.45, 2.75) is 25.9 Å². The molecule has 2 aromatic carbocycles. The van der Waals surface area contributed by atoms with Crippen molar-refractivity contribution < 1.29 is 14.3 Å². The minimum Gasteiger partial charge on any atom is -0.494 e. The smallest absolute Gasteiger partial charge is 0.325 e. The standard InChI is InChI=1S/C20H19N3O3/c1-3-26-17-10-8-16(9-11-17)20(2)18(24)23(19(25)22-20)13-15-6-4-14(12-21)5-7-15/h4-11H,3,13H2,1-2H3,(H,22,25). The first kappa shape index (κ1) is 17.5. The van der Waals surface area contributed by atoms with Crippen LogP contribution in [0.4, 0.5) is 4.79 Å². The number of rotatable bonds is 5. The molecule has 6 nitrogen and oxygen atoms in total. The summed E-state index contributed by atoms with van der Waals surface area (Å²) in [7, 11) is 0. The minimum absolute atomic E-state index is 0.156. The van der Waals surface area contributed by atoms with Crippen LogP contribution in [0.2, 0.25) is 0 Å². The van der Waals surface area contributed by atoms with E-state index in [1.165, 1.54) is 4.90 Å². The lowest BCUT2D eigenvalue weighted by Crippen LogP contribution is -2.40. The Kier molecular flexibility index (Phi) is 4.63.